The number of carbonyl (C=O) groups is 1. The fourth-order valence-electron chi connectivity index (χ4n) is 2.51. The number of fused-ring (bicyclic) bond motifs is 1. The number of anilines is 1. The van der Waals surface area contributed by atoms with Gasteiger partial charge in [0.05, 0.1) is 4.70 Å². The number of aryl methyl sites for hydroxylation is 1. The third-order valence-electron chi connectivity index (χ3n) is 3.84. The van der Waals surface area contributed by atoms with Crippen LogP contribution in [-0.4, -0.2) is 52.8 Å². The molecule has 3 aromatic rings. The van der Waals surface area contributed by atoms with E-state index in [0.717, 1.165) is 4.70 Å². The van der Waals surface area contributed by atoms with Crippen LogP contribution in [0.25, 0.3) is 10.2 Å². The number of amides is 1. The second-order valence-electron chi connectivity index (χ2n) is 5.88. The molecule has 0 saturated heterocycles. The second-order valence-corrected chi connectivity index (χ2v) is 6.88. The zero-order chi connectivity index (χ0) is 18.0. The molecular weight excluding hydrogens is 377 g/mol. The number of halogens is 2. The molecule has 0 saturated carbocycles. The summed E-state index contributed by atoms with van der Waals surface area (Å²) in [5.74, 6) is -0.556. The number of aromatic nitrogens is 3. The van der Waals surface area contributed by atoms with Crippen LogP contribution in [0.2, 0.25) is 0 Å². The number of rotatable bonds is 6. The van der Waals surface area contributed by atoms with Gasteiger partial charge in [-0.2, -0.15) is 5.10 Å². The van der Waals surface area contributed by atoms with Crippen LogP contribution in [0.15, 0.2) is 30.5 Å². The molecule has 0 atom stereocenters. The van der Waals surface area contributed by atoms with Gasteiger partial charge >= 0.3 is 0 Å². The molecule has 1 amide bonds. The van der Waals surface area contributed by atoms with Gasteiger partial charge in [0.2, 0.25) is 0 Å². The lowest BCUT2D eigenvalue weighted by Gasteiger charge is -2.22. The Balaban J connectivity index is 0.00000243. The van der Waals surface area contributed by atoms with E-state index in [-0.39, 0.29) is 24.1 Å². The number of thiazole rings is 1. The predicted molar refractivity (Wildman–Crippen MR) is 105 cm³/mol. The highest BCUT2D eigenvalue weighted by Crippen LogP contribution is 2.31. The molecule has 26 heavy (non-hydrogen) atoms. The Morgan fingerprint density at radius 1 is 1.27 bits per heavy atom. The fraction of sp³-hybridized carbons (Fsp3) is 0.353. The SMILES string of the molecule is CCn1nccc1C(=O)N(CCN(C)C)c1nc2c(F)cccc2s1.Cl. The molecule has 0 bridgehead atoms. The number of likely N-dealkylation sites (N-methyl/N-ethyl adjacent to an activating group) is 1. The minimum absolute atomic E-state index is 0. The Hall–Kier alpha value is -2.03. The molecule has 2 heterocycles. The molecular formula is C17H21ClFN5OS. The van der Waals surface area contributed by atoms with Gasteiger partial charge in [-0.25, -0.2) is 9.37 Å². The average molecular weight is 398 g/mol. The van der Waals surface area contributed by atoms with Gasteiger partial charge < -0.3 is 4.90 Å². The van der Waals surface area contributed by atoms with Gasteiger partial charge in [0.15, 0.2) is 5.13 Å². The van der Waals surface area contributed by atoms with E-state index in [0.29, 0.717) is 36.0 Å². The third kappa shape index (κ3) is 4.03. The molecule has 0 unspecified atom stereocenters. The van der Waals surface area contributed by atoms with Crippen molar-refractivity contribution in [1.82, 2.24) is 19.7 Å². The van der Waals surface area contributed by atoms with Crippen LogP contribution in [0.3, 0.4) is 0 Å². The molecule has 1 aromatic carbocycles. The van der Waals surface area contributed by atoms with Crippen LogP contribution in [0.1, 0.15) is 17.4 Å². The Morgan fingerprint density at radius 2 is 2.04 bits per heavy atom. The topological polar surface area (TPSA) is 54.3 Å². The fourth-order valence-corrected chi connectivity index (χ4v) is 3.51. The van der Waals surface area contributed by atoms with Crippen LogP contribution in [0.4, 0.5) is 9.52 Å². The maximum Gasteiger partial charge on any atom is 0.278 e. The van der Waals surface area contributed by atoms with E-state index in [1.807, 2.05) is 32.0 Å². The standard InChI is InChI=1S/C17H20FN5OS.ClH/c1-4-23-13(8-9-19-23)16(24)22(11-10-21(2)3)17-20-15-12(18)6-5-7-14(15)25-17;/h5-9H,4,10-11H2,1-3H3;1H. The molecule has 0 fully saturated rings. The maximum absolute atomic E-state index is 14.0. The highest BCUT2D eigenvalue weighted by atomic mass is 35.5. The molecule has 6 nitrogen and oxygen atoms in total. The maximum atomic E-state index is 14.0. The van der Waals surface area contributed by atoms with Crippen molar-refractivity contribution in [3.8, 4) is 0 Å². The summed E-state index contributed by atoms with van der Waals surface area (Å²) in [6, 6.07) is 6.54. The molecule has 0 aliphatic carbocycles. The number of carbonyl (C=O) groups excluding carboxylic acids is 1. The van der Waals surface area contributed by atoms with Crippen molar-refractivity contribution in [2.45, 2.75) is 13.5 Å². The lowest BCUT2D eigenvalue weighted by atomic mass is 10.3. The first-order valence-corrected chi connectivity index (χ1v) is 8.86. The van der Waals surface area contributed by atoms with Crippen LogP contribution in [0, 0.1) is 5.82 Å². The van der Waals surface area contributed by atoms with Crippen LogP contribution < -0.4 is 4.90 Å². The number of benzene rings is 1. The molecule has 0 radical (unpaired) electrons. The van der Waals surface area contributed by atoms with E-state index in [1.54, 1.807) is 27.9 Å². The Kier molecular flexibility index (Phi) is 6.69. The van der Waals surface area contributed by atoms with Gasteiger partial charge in [0, 0.05) is 25.8 Å². The zero-order valence-electron chi connectivity index (χ0n) is 14.8. The Morgan fingerprint density at radius 3 is 2.69 bits per heavy atom. The molecule has 0 N–H and O–H groups in total. The minimum atomic E-state index is -0.376. The molecule has 3 rings (SSSR count). The van der Waals surface area contributed by atoms with Crippen molar-refractivity contribution in [1.29, 1.82) is 0 Å². The van der Waals surface area contributed by atoms with E-state index in [4.69, 9.17) is 0 Å². The summed E-state index contributed by atoms with van der Waals surface area (Å²) in [6.07, 6.45) is 1.61. The average Bonchev–Trinajstić information content (AvgIpc) is 3.21. The van der Waals surface area contributed by atoms with Crippen LogP contribution in [-0.2, 0) is 6.54 Å². The predicted octanol–water partition coefficient (Wildman–Crippen LogP) is 3.28. The van der Waals surface area contributed by atoms with Crippen molar-refractivity contribution < 1.29 is 9.18 Å². The summed E-state index contributed by atoms with van der Waals surface area (Å²) in [5.41, 5.74) is 0.801. The van der Waals surface area contributed by atoms with Crippen molar-refractivity contribution in [2.75, 3.05) is 32.1 Å². The van der Waals surface area contributed by atoms with E-state index in [9.17, 15) is 9.18 Å². The van der Waals surface area contributed by atoms with Crippen molar-refractivity contribution in [3.05, 3.63) is 42.0 Å². The number of para-hydroxylation sites is 1. The molecule has 2 aromatic heterocycles. The normalized spacial score (nSPS) is 11.0. The Labute approximate surface area is 161 Å². The van der Waals surface area contributed by atoms with Gasteiger partial charge in [0.1, 0.15) is 17.0 Å². The van der Waals surface area contributed by atoms with Crippen molar-refractivity contribution in [2.24, 2.45) is 0 Å². The number of hydrogen-bond acceptors (Lipinski definition) is 5. The van der Waals surface area contributed by atoms with E-state index in [1.165, 1.54) is 17.4 Å². The summed E-state index contributed by atoms with van der Waals surface area (Å²) in [7, 11) is 3.88. The van der Waals surface area contributed by atoms with Gasteiger partial charge in [-0.1, -0.05) is 17.4 Å². The molecule has 0 aliphatic heterocycles. The van der Waals surface area contributed by atoms with Gasteiger partial charge in [-0.05, 0) is 39.2 Å². The van der Waals surface area contributed by atoms with Crippen molar-refractivity contribution >= 4 is 45.0 Å². The quantitative estimate of drug-likeness (QED) is 0.640. The number of nitrogens with zero attached hydrogens (tertiary/aromatic N) is 5. The zero-order valence-corrected chi connectivity index (χ0v) is 16.5. The first-order valence-electron chi connectivity index (χ1n) is 8.04. The van der Waals surface area contributed by atoms with Gasteiger partial charge in [0.25, 0.3) is 5.91 Å². The largest absolute Gasteiger partial charge is 0.308 e. The van der Waals surface area contributed by atoms with Crippen LogP contribution in [0.5, 0.6) is 0 Å². The summed E-state index contributed by atoms with van der Waals surface area (Å²) in [4.78, 5) is 21.1. The molecule has 9 heteroatoms. The van der Waals surface area contributed by atoms with E-state index < -0.39 is 0 Å². The Bertz CT molecular complexity index is 894. The summed E-state index contributed by atoms with van der Waals surface area (Å²) >= 11 is 1.32. The summed E-state index contributed by atoms with van der Waals surface area (Å²) in [5, 5.41) is 4.66. The lowest BCUT2D eigenvalue weighted by molar-refractivity contribution is 0.0975. The first kappa shape index (κ1) is 20.3. The van der Waals surface area contributed by atoms with E-state index >= 15 is 0 Å². The second kappa shape index (κ2) is 8.57. The van der Waals surface area contributed by atoms with E-state index in [2.05, 4.69) is 10.1 Å². The monoisotopic (exact) mass is 397 g/mol. The third-order valence-corrected chi connectivity index (χ3v) is 4.88. The highest BCUT2D eigenvalue weighted by Gasteiger charge is 2.24. The first-order chi connectivity index (χ1) is 12.0. The van der Waals surface area contributed by atoms with Gasteiger partial charge in [-0.15, -0.1) is 12.4 Å². The number of hydrogen-bond donors (Lipinski definition) is 0. The molecule has 0 aliphatic rings. The minimum Gasteiger partial charge on any atom is -0.308 e. The smallest absolute Gasteiger partial charge is 0.278 e. The summed E-state index contributed by atoms with van der Waals surface area (Å²) in [6.45, 7) is 3.66. The van der Waals surface area contributed by atoms with Crippen LogP contribution >= 0.6 is 23.7 Å². The summed E-state index contributed by atoms with van der Waals surface area (Å²) < 4.78 is 16.4. The van der Waals surface area contributed by atoms with Gasteiger partial charge in [-0.3, -0.25) is 14.4 Å². The lowest BCUT2D eigenvalue weighted by Crippen LogP contribution is -2.37. The highest BCUT2D eigenvalue weighted by molar-refractivity contribution is 7.22. The molecule has 140 valence electrons. The van der Waals surface area contributed by atoms with Crippen molar-refractivity contribution in [3.63, 3.8) is 0 Å². The molecule has 0 spiro atoms.